The third-order valence-electron chi connectivity index (χ3n) is 8.19. The third-order valence-corrected chi connectivity index (χ3v) is 8.19. The van der Waals surface area contributed by atoms with Gasteiger partial charge in [0, 0.05) is 19.9 Å². The lowest BCUT2D eigenvalue weighted by Gasteiger charge is -2.29. The van der Waals surface area contributed by atoms with Gasteiger partial charge in [-0.3, -0.25) is 28.8 Å². The monoisotopic (exact) mass is 517 g/mol. The second kappa shape index (κ2) is 11.4. The molecule has 1 saturated heterocycles. The lowest BCUT2D eigenvalue weighted by molar-refractivity contribution is -0.145. The highest BCUT2D eigenvalue weighted by Gasteiger charge is 2.31. The number of carbonyl (C=O) groups is 3. The van der Waals surface area contributed by atoms with E-state index in [1.54, 1.807) is 11.6 Å². The summed E-state index contributed by atoms with van der Waals surface area (Å²) in [6, 6.07) is 15.2. The van der Waals surface area contributed by atoms with E-state index in [4.69, 9.17) is 4.74 Å². The predicted molar refractivity (Wildman–Crippen MR) is 143 cm³/mol. The van der Waals surface area contributed by atoms with E-state index in [0.717, 1.165) is 55.1 Å². The van der Waals surface area contributed by atoms with Gasteiger partial charge in [-0.05, 0) is 80.0 Å². The summed E-state index contributed by atoms with van der Waals surface area (Å²) >= 11 is 0. The number of aryl methyl sites for hydroxylation is 1. The van der Waals surface area contributed by atoms with Crippen molar-refractivity contribution in [3.63, 3.8) is 0 Å². The minimum absolute atomic E-state index is 0.134. The first-order chi connectivity index (χ1) is 18.4. The molecule has 38 heavy (non-hydrogen) atoms. The Kier molecular flexibility index (Phi) is 7.77. The lowest BCUT2D eigenvalue weighted by atomic mass is 9.77. The zero-order valence-corrected chi connectivity index (χ0v) is 21.9. The van der Waals surface area contributed by atoms with Crippen LogP contribution in [0.5, 0.6) is 0 Å². The van der Waals surface area contributed by atoms with E-state index in [2.05, 4.69) is 17.4 Å². The van der Waals surface area contributed by atoms with Crippen LogP contribution in [0.15, 0.2) is 53.3 Å². The van der Waals surface area contributed by atoms with Crippen molar-refractivity contribution >= 4 is 28.8 Å². The molecular weight excluding hydrogens is 482 g/mol. The summed E-state index contributed by atoms with van der Waals surface area (Å²) in [6.45, 7) is 0.331. The van der Waals surface area contributed by atoms with E-state index in [1.165, 1.54) is 10.1 Å². The molecule has 3 aromatic rings. The second-order valence-electron chi connectivity index (χ2n) is 10.7. The lowest BCUT2D eigenvalue weighted by Crippen LogP contribution is -2.44. The number of esters is 1. The van der Waals surface area contributed by atoms with Crippen LogP contribution in [0.25, 0.3) is 11.0 Å². The van der Waals surface area contributed by atoms with E-state index in [1.807, 2.05) is 36.4 Å². The largest absolute Gasteiger partial charge is 0.461 e. The summed E-state index contributed by atoms with van der Waals surface area (Å²) < 4.78 is 8.53. The van der Waals surface area contributed by atoms with E-state index < -0.39 is 11.9 Å². The van der Waals surface area contributed by atoms with Gasteiger partial charge in [-0.2, -0.15) is 0 Å². The van der Waals surface area contributed by atoms with Gasteiger partial charge >= 0.3 is 11.7 Å². The first-order valence-electron chi connectivity index (χ1n) is 13.6. The number of imide groups is 1. The minimum atomic E-state index is -0.666. The number of aromatic nitrogens is 2. The number of nitrogens with zero attached hydrogens (tertiary/aromatic N) is 2. The average Bonchev–Trinajstić information content (AvgIpc) is 3.17. The molecule has 5 rings (SSSR count). The average molecular weight is 518 g/mol. The Morgan fingerprint density at radius 3 is 2.47 bits per heavy atom. The molecule has 1 saturated carbocycles. The maximum Gasteiger partial charge on any atom is 0.329 e. The van der Waals surface area contributed by atoms with Crippen LogP contribution in [0.4, 0.5) is 0 Å². The van der Waals surface area contributed by atoms with Crippen LogP contribution in [-0.4, -0.2) is 26.9 Å². The number of amides is 2. The molecule has 0 radical (unpaired) electrons. The summed E-state index contributed by atoms with van der Waals surface area (Å²) in [4.78, 5) is 49.1. The molecule has 1 aromatic heterocycles. The van der Waals surface area contributed by atoms with E-state index in [9.17, 15) is 19.2 Å². The minimum Gasteiger partial charge on any atom is -0.461 e. The van der Waals surface area contributed by atoms with Crippen LogP contribution in [0.3, 0.4) is 0 Å². The van der Waals surface area contributed by atoms with E-state index in [0.29, 0.717) is 31.3 Å². The van der Waals surface area contributed by atoms with Crippen molar-refractivity contribution in [1.29, 1.82) is 0 Å². The molecule has 1 aliphatic heterocycles. The summed E-state index contributed by atoms with van der Waals surface area (Å²) in [7, 11) is 1.73. The van der Waals surface area contributed by atoms with Gasteiger partial charge in [-0.25, -0.2) is 4.79 Å². The van der Waals surface area contributed by atoms with Crippen LogP contribution in [-0.2, 0) is 32.8 Å². The number of imidazole rings is 1. The summed E-state index contributed by atoms with van der Waals surface area (Å²) in [5.41, 5.74) is 3.52. The maximum atomic E-state index is 13.0. The summed E-state index contributed by atoms with van der Waals surface area (Å²) in [6.07, 6.45) is 7.32. The van der Waals surface area contributed by atoms with Gasteiger partial charge in [0.25, 0.3) is 0 Å². The Morgan fingerprint density at radius 1 is 0.974 bits per heavy atom. The van der Waals surface area contributed by atoms with Crippen LogP contribution in [0, 0.1) is 5.92 Å². The number of nitrogens with one attached hydrogen (secondary N) is 1. The Labute approximate surface area is 222 Å². The standard InChI is InChI=1S/C30H35N3O5/c1-32-26-18-23(14-15-24(26)33(30(32)37)25-16-17-27(34)31-29(25)36)22-12-10-20(11-13-22)8-5-9-28(35)38-19-21-6-3-2-4-7-21/h2-4,6-7,14-15,18,20,22,25H,5,8-13,16-17,19H2,1H3,(H,31,34,36)/t20-,22+,25?. The quantitative estimate of drug-likeness (QED) is 0.350. The molecule has 1 atom stereocenters. The number of carbonyl (C=O) groups excluding carboxylic acids is 3. The van der Waals surface area contributed by atoms with Crippen LogP contribution >= 0.6 is 0 Å². The molecule has 1 N–H and O–H groups in total. The van der Waals surface area contributed by atoms with Gasteiger partial charge in [0.1, 0.15) is 12.6 Å². The maximum absolute atomic E-state index is 13.0. The second-order valence-corrected chi connectivity index (χ2v) is 10.7. The van der Waals surface area contributed by atoms with Crippen LogP contribution < -0.4 is 11.0 Å². The molecule has 2 amide bonds. The number of rotatable bonds is 8. The van der Waals surface area contributed by atoms with Crippen molar-refractivity contribution in [2.75, 3.05) is 0 Å². The van der Waals surface area contributed by atoms with E-state index in [-0.39, 0.29) is 24.0 Å². The Hall–Kier alpha value is -3.68. The van der Waals surface area contributed by atoms with E-state index >= 15 is 0 Å². The normalized spacial score (nSPS) is 21.9. The number of piperidine rings is 1. The zero-order chi connectivity index (χ0) is 26.6. The Morgan fingerprint density at radius 2 is 1.74 bits per heavy atom. The fraction of sp³-hybridized carbons (Fsp3) is 0.467. The highest BCUT2D eigenvalue weighted by Crippen LogP contribution is 2.38. The topological polar surface area (TPSA) is 99.4 Å². The fourth-order valence-corrected chi connectivity index (χ4v) is 5.99. The van der Waals surface area contributed by atoms with Crippen molar-refractivity contribution in [1.82, 2.24) is 14.5 Å². The Bertz CT molecular complexity index is 1380. The SMILES string of the molecule is Cn1c(=O)n(C2CCC(=O)NC2=O)c2ccc([C@H]3CC[C@@H](CCCC(=O)OCc4ccccc4)CC3)cc21. The molecule has 0 bridgehead atoms. The predicted octanol–water partition coefficient (Wildman–Crippen LogP) is 4.51. The summed E-state index contributed by atoms with van der Waals surface area (Å²) in [5.74, 6) is 0.212. The number of benzene rings is 2. The molecule has 2 fully saturated rings. The molecule has 0 spiro atoms. The van der Waals surface area contributed by atoms with Crippen LogP contribution in [0.2, 0.25) is 0 Å². The van der Waals surface area contributed by atoms with Crippen molar-refractivity contribution in [2.45, 2.75) is 76.4 Å². The smallest absolute Gasteiger partial charge is 0.329 e. The van der Waals surface area contributed by atoms with Crippen molar-refractivity contribution in [3.05, 3.63) is 70.1 Å². The third kappa shape index (κ3) is 5.59. The molecule has 8 nitrogen and oxygen atoms in total. The number of ether oxygens (including phenoxy) is 1. The number of hydrogen-bond donors (Lipinski definition) is 1. The van der Waals surface area contributed by atoms with Gasteiger partial charge in [0.15, 0.2) is 0 Å². The first kappa shape index (κ1) is 25.9. The molecule has 200 valence electrons. The molecule has 8 heteroatoms. The fourth-order valence-electron chi connectivity index (χ4n) is 5.99. The van der Waals surface area contributed by atoms with Crippen LogP contribution in [0.1, 0.15) is 80.9 Å². The van der Waals surface area contributed by atoms with Crippen molar-refractivity contribution in [3.8, 4) is 0 Å². The van der Waals surface area contributed by atoms with Gasteiger partial charge in [-0.1, -0.05) is 36.4 Å². The number of hydrogen-bond acceptors (Lipinski definition) is 5. The van der Waals surface area contributed by atoms with Crippen molar-refractivity contribution in [2.24, 2.45) is 13.0 Å². The Balaban J connectivity index is 1.14. The zero-order valence-electron chi connectivity index (χ0n) is 21.9. The number of fused-ring (bicyclic) bond motifs is 1. The first-order valence-corrected chi connectivity index (χ1v) is 13.6. The molecule has 2 aromatic carbocycles. The van der Waals surface area contributed by atoms with Gasteiger partial charge in [0.2, 0.25) is 11.8 Å². The highest BCUT2D eigenvalue weighted by atomic mass is 16.5. The molecule has 2 heterocycles. The molecular formula is C30H35N3O5. The van der Waals surface area contributed by atoms with Gasteiger partial charge < -0.3 is 4.74 Å². The molecule has 1 unspecified atom stereocenters. The van der Waals surface area contributed by atoms with Gasteiger partial charge in [0.05, 0.1) is 11.0 Å². The summed E-state index contributed by atoms with van der Waals surface area (Å²) in [5, 5.41) is 2.36. The highest BCUT2D eigenvalue weighted by molar-refractivity contribution is 6.00. The molecule has 2 aliphatic rings. The van der Waals surface area contributed by atoms with Crippen molar-refractivity contribution < 1.29 is 19.1 Å². The molecule has 1 aliphatic carbocycles. The van der Waals surface area contributed by atoms with Gasteiger partial charge in [-0.15, -0.1) is 0 Å².